The second-order valence-corrected chi connectivity index (χ2v) is 3.59. The van der Waals surface area contributed by atoms with Gasteiger partial charge in [-0.15, -0.1) is 0 Å². The summed E-state index contributed by atoms with van der Waals surface area (Å²) in [6, 6.07) is 3.06. The van der Waals surface area contributed by atoms with Crippen LogP contribution in [0, 0.1) is 5.82 Å². The number of aromatic nitrogens is 1. The molecule has 1 aromatic heterocycles. The van der Waals surface area contributed by atoms with Crippen LogP contribution in [0.25, 0.3) is 10.9 Å². The van der Waals surface area contributed by atoms with Gasteiger partial charge in [-0.1, -0.05) is 15.9 Å². The third-order valence-electron chi connectivity index (χ3n) is 1.85. The van der Waals surface area contributed by atoms with Crippen molar-refractivity contribution in [3.8, 4) is 0 Å². The third-order valence-corrected chi connectivity index (χ3v) is 2.31. The number of H-pyrrole nitrogens is 1. The molecule has 2 nitrogen and oxygen atoms in total. The Morgan fingerprint density at radius 3 is 2.92 bits per heavy atom. The average molecular weight is 242 g/mol. The minimum absolute atomic E-state index is 0.346. The number of nitrogens with one attached hydrogen (secondary N) is 1. The molecule has 0 amide bonds. The first-order chi connectivity index (χ1) is 6.22. The average Bonchev–Trinajstić information content (AvgIpc) is 2.47. The van der Waals surface area contributed by atoms with Gasteiger partial charge in [-0.05, 0) is 12.1 Å². The van der Waals surface area contributed by atoms with Crippen LogP contribution in [0.15, 0.2) is 22.8 Å². The zero-order valence-corrected chi connectivity index (χ0v) is 8.06. The summed E-state index contributed by atoms with van der Waals surface area (Å²) in [6.45, 7) is 0. The number of carbonyl (C=O) groups excluding carboxylic acids is 1. The molecular formula is C9H5BrFNO. The molecule has 1 heterocycles. The molecule has 1 aromatic carbocycles. The SMILES string of the molecule is O=Cc1c[nH]c2cc(Br)cc(F)c12. The Morgan fingerprint density at radius 2 is 2.23 bits per heavy atom. The molecule has 2 rings (SSSR count). The van der Waals surface area contributed by atoms with Gasteiger partial charge in [-0.2, -0.15) is 0 Å². The Kier molecular flexibility index (Phi) is 1.92. The minimum atomic E-state index is -0.396. The topological polar surface area (TPSA) is 32.9 Å². The fourth-order valence-corrected chi connectivity index (χ4v) is 1.73. The summed E-state index contributed by atoms with van der Waals surface area (Å²) >= 11 is 3.17. The Morgan fingerprint density at radius 1 is 1.46 bits per heavy atom. The Labute approximate surface area is 81.9 Å². The van der Waals surface area contributed by atoms with Crippen molar-refractivity contribution in [2.24, 2.45) is 0 Å². The van der Waals surface area contributed by atoms with Gasteiger partial charge >= 0.3 is 0 Å². The van der Waals surface area contributed by atoms with E-state index < -0.39 is 5.82 Å². The largest absolute Gasteiger partial charge is 0.360 e. The summed E-state index contributed by atoms with van der Waals surface area (Å²) in [5.41, 5.74) is 0.967. The van der Waals surface area contributed by atoms with E-state index in [4.69, 9.17) is 0 Å². The van der Waals surface area contributed by atoms with E-state index >= 15 is 0 Å². The predicted octanol–water partition coefficient (Wildman–Crippen LogP) is 2.88. The molecule has 0 fully saturated rings. The van der Waals surface area contributed by atoms with Gasteiger partial charge in [-0.25, -0.2) is 4.39 Å². The van der Waals surface area contributed by atoms with E-state index in [1.165, 1.54) is 12.3 Å². The van der Waals surface area contributed by atoms with Crippen LogP contribution >= 0.6 is 15.9 Å². The number of aldehydes is 1. The Balaban J connectivity index is 2.89. The van der Waals surface area contributed by atoms with E-state index in [0.717, 1.165) is 0 Å². The number of halogens is 2. The maximum absolute atomic E-state index is 13.3. The lowest BCUT2D eigenvalue weighted by atomic mass is 10.2. The molecule has 0 aliphatic carbocycles. The van der Waals surface area contributed by atoms with Gasteiger partial charge in [0.1, 0.15) is 5.82 Å². The molecule has 0 radical (unpaired) electrons. The maximum atomic E-state index is 13.3. The van der Waals surface area contributed by atoms with Crippen LogP contribution in [-0.2, 0) is 0 Å². The molecule has 0 saturated carbocycles. The Bertz CT molecular complexity index is 478. The monoisotopic (exact) mass is 241 g/mol. The van der Waals surface area contributed by atoms with E-state index in [9.17, 15) is 9.18 Å². The summed E-state index contributed by atoms with van der Waals surface area (Å²) in [5, 5.41) is 0.346. The van der Waals surface area contributed by atoms with Crippen molar-refractivity contribution in [1.29, 1.82) is 0 Å². The maximum Gasteiger partial charge on any atom is 0.152 e. The summed E-state index contributed by atoms with van der Waals surface area (Å²) in [4.78, 5) is 13.3. The Hall–Kier alpha value is -1.16. The van der Waals surface area contributed by atoms with Crippen LogP contribution in [0.5, 0.6) is 0 Å². The molecule has 1 N–H and O–H groups in total. The smallest absolute Gasteiger partial charge is 0.152 e. The molecule has 66 valence electrons. The second-order valence-electron chi connectivity index (χ2n) is 2.67. The van der Waals surface area contributed by atoms with Gasteiger partial charge in [0.2, 0.25) is 0 Å². The number of hydrogen-bond acceptors (Lipinski definition) is 1. The van der Waals surface area contributed by atoms with Crippen LogP contribution in [0.4, 0.5) is 4.39 Å². The molecule has 4 heteroatoms. The van der Waals surface area contributed by atoms with Crippen molar-refractivity contribution in [2.75, 3.05) is 0 Å². The van der Waals surface area contributed by atoms with Crippen molar-refractivity contribution < 1.29 is 9.18 Å². The van der Waals surface area contributed by atoms with Crippen molar-refractivity contribution >= 4 is 33.1 Å². The quantitative estimate of drug-likeness (QED) is 0.766. The van der Waals surface area contributed by atoms with E-state index in [2.05, 4.69) is 20.9 Å². The van der Waals surface area contributed by atoms with Crippen LogP contribution in [0.1, 0.15) is 10.4 Å². The van der Waals surface area contributed by atoms with E-state index in [1.807, 2.05) is 0 Å². The van der Waals surface area contributed by atoms with Crippen molar-refractivity contribution in [3.05, 3.63) is 34.2 Å². The van der Waals surface area contributed by atoms with Crippen molar-refractivity contribution in [1.82, 2.24) is 4.98 Å². The fraction of sp³-hybridized carbons (Fsp3) is 0. The lowest BCUT2D eigenvalue weighted by Gasteiger charge is -1.95. The highest BCUT2D eigenvalue weighted by Crippen LogP contribution is 2.24. The first kappa shape index (κ1) is 8.44. The van der Waals surface area contributed by atoms with Gasteiger partial charge in [0.05, 0.1) is 5.52 Å². The molecule has 0 aliphatic heterocycles. The zero-order valence-electron chi connectivity index (χ0n) is 6.47. The summed E-state index contributed by atoms with van der Waals surface area (Å²) in [7, 11) is 0. The molecule has 0 aliphatic rings. The zero-order chi connectivity index (χ0) is 9.42. The molecular weight excluding hydrogens is 237 g/mol. The number of rotatable bonds is 1. The number of fused-ring (bicyclic) bond motifs is 1. The second kappa shape index (κ2) is 2.96. The highest BCUT2D eigenvalue weighted by atomic mass is 79.9. The van der Waals surface area contributed by atoms with Crippen LogP contribution in [0.2, 0.25) is 0 Å². The summed E-state index contributed by atoms with van der Waals surface area (Å²) < 4.78 is 14.0. The third kappa shape index (κ3) is 1.27. The van der Waals surface area contributed by atoms with Crippen molar-refractivity contribution in [3.63, 3.8) is 0 Å². The normalized spacial score (nSPS) is 10.6. The van der Waals surface area contributed by atoms with E-state index in [-0.39, 0.29) is 0 Å². The van der Waals surface area contributed by atoms with Gasteiger partial charge < -0.3 is 4.98 Å². The van der Waals surface area contributed by atoms with E-state index in [1.54, 1.807) is 6.07 Å². The fourth-order valence-electron chi connectivity index (χ4n) is 1.30. The van der Waals surface area contributed by atoms with Gasteiger partial charge in [0, 0.05) is 21.6 Å². The molecule has 13 heavy (non-hydrogen) atoms. The molecule has 0 unspecified atom stereocenters. The molecule has 0 atom stereocenters. The van der Waals surface area contributed by atoms with Crippen LogP contribution < -0.4 is 0 Å². The number of hydrogen-bond donors (Lipinski definition) is 1. The summed E-state index contributed by atoms with van der Waals surface area (Å²) in [5.74, 6) is -0.396. The highest BCUT2D eigenvalue weighted by Gasteiger charge is 2.08. The highest BCUT2D eigenvalue weighted by molar-refractivity contribution is 9.10. The number of aromatic amines is 1. The van der Waals surface area contributed by atoms with Crippen molar-refractivity contribution in [2.45, 2.75) is 0 Å². The van der Waals surface area contributed by atoms with Gasteiger partial charge in [0.15, 0.2) is 6.29 Å². The van der Waals surface area contributed by atoms with Crippen LogP contribution in [-0.4, -0.2) is 11.3 Å². The van der Waals surface area contributed by atoms with Gasteiger partial charge in [0.25, 0.3) is 0 Å². The van der Waals surface area contributed by atoms with Crippen LogP contribution in [0.3, 0.4) is 0 Å². The lowest BCUT2D eigenvalue weighted by molar-refractivity contribution is 0.112. The molecule has 0 spiro atoms. The molecule has 0 saturated heterocycles. The minimum Gasteiger partial charge on any atom is -0.360 e. The predicted molar refractivity (Wildman–Crippen MR) is 51.3 cm³/mol. The molecule has 2 aromatic rings. The standard InChI is InChI=1S/C9H5BrFNO/c10-6-1-7(11)9-5(4-13)3-12-8(9)2-6/h1-4,12H. The first-order valence-electron chi connectivity index (χ1n) is 3.63. The molecule has 0 bridgehead atoms. The first-order valence-corrected chi connectivity index (χ1v) is 4.43. The van der Waals surface area contributed by atoms with Gasteiger partial charge in [-0.3, -0.25) is 4.79 Å². The number of carbonyl (C=O) groups is 1. The lowest BCUT2D eigenvalue weighted by Crippen LogP contribution is -1.81. The van der Waals surface area contributed by atoms with E-state index in [0.29, 0.717) is 27.2 Å². The number of benzene rings is 1. The summed E-state index contributed by atoms with van der Waals surface area (Å²) in [6.07, 6.45) is 2.13.